The molecule has 142 valence electrons. The van der Waals surface area contributed by atoms with E-state index in [4.69, 9.17) is 0 Å². The molecular formula is C21H12F3N5. The SMILES string of the molecule is Fc1cc(-c2ccc3nnc(Cc4ccc5ncccc5c4)n3n2)cc(F)c1F. The number of rotatable bonds is 3. The first-order chi connectivity index (χ1) is 14.1. The molecule has 0 aliphatic heterocycles. The van der Waals surface area contributed by atoms with E-state index in [2.05, 4.69) is 20.3 Å². The smallest absolute Gasteiger partial charge is 0.194 e. The first-order valence-electron chi connectivity index (χ1n) is 8.78. The van der Waals surface area contributed by atoms with Crippen molar-refractivity contribution in [2.75, 3.05) is 0 Å². The van der Waals surface area contributed by atoms with E-state index in [0.717, 1.165) is 28.6 Å². The van der Waals surface area contributed by atoms with Gasteiger partial charge in [0.1, 0.15) is 0 Å². The van der Waals surface area contributed by atoms with Crippen LogP contribution in [0, 0.1) is 17.5 Å². The average Bonchev–Trinajstić information content (AvgIpc) is 3.13. The van der Waals surface area contributed by atoms with E-state index in [1.54, 1.807) is 18.3 Å². The molecule has 0 aliphatic rings. The van der Waals surface area contributed by atoms with Gasteiger partial charge in [0, 0.05) is 23.6 Å². The maximum absolute atomic E-state index is 13.6. The van der Waals surface area contributed by atoms with Crippen molar-refractivity contribution in [2.24, 2.45) is 0 Å². The van der Waals surface area contributed by atoms with Crippen LogP contribution in [-0.4, -0.2) is 24.8 Å². The summed E-state index contributed by atoms with van der Waals surface area (Å²) in [5, 5.41) is 13.7. The number of fused-ring (bicyclic) bond motifs is 2. The molecule has 5 nitrogen and oxygen atoms in total. The van der Waals surface area contributed by atoms with Crippen molar-refractivity contribution < 1.29 is 13.2 Å². The number of benzene rings is 2. The Hall–Kier alpha value is -3.81. The summed E-state index contributed by atoms with van der Waals surface area (Å²) >= 11 is 0. The quantitative estimate of drug-likeness (QED) is 0.429. The third-order valence-electron chi connectivity index (χ3n) is 4.64. The van der Waals surface area contributed by atoms with Crippen LogP contribution in [0.1, 0.15) is 11.4 Å². The van der Waals surface area contributed by atoms with Crippen LogP contribution >= 0.6 is 0 Å². The van der Waals surface area contributed by atoms with Gasteiger partial charge >= 0.3 is 0 Å². The van der Waals surface area contributed by atoms with Crippen LogP contribution < -0.4 is 0 Å². The Morgan fingerprint density at radius 3 is 2.52 bits per heavy atom. The molecular weight excluding hydrogens is 379 g/mol. The molecule has 2 aromatic carbocycles. The zero-order valence-corrected chi connectivity index (χ0v) is 14.9. The molecule has 8 heteroatoms. The lowest BCUT2D eigenvalue weighted by atomic mass is 10.1. The van der Waals surface area contributed by atoms with Gasteiger partial charge in [0.25, 0.3) is 0 Å². The molecule has 0 N–H and O–H groups in total. The number of halogens is 3. The molecule has 5 rings (SSSR count). The zero-order valence-electron chi connectivity index (χ0n) is 14.9. The summed E-state index contributed by atoms with van der Waals surface area (Å²) in [6.45, 7) is 0. The fourth-order valence-electron chi connectivity index (χ4n) is 3.22. The lowest BCUT2D eigenvalue weighted by Crippen LogP contribution is -2.02. The molecule has 0 unspecified atom stereocenters. The van der Waals surface area contributed by atoms with Crippen molar-refractivity contribution in [1.29, 1.82) is 0 Å². The fraction of sp³-hybridized carbons (Fsp3) is 0.0476. The fourth-order valence-corrected chi connectivity index (χ4v) is 3.22. The molecule has 0 bridgehead atoms. The molecule has 0 fully saturated rings. The average molecular weight is 391 g/mol. The van der Waals surface area contributed by atoms with Gasteiger partial charge in [-0.2, -0.15) is 9.61 Å². The van der Waals surface area contributed by atoms with E-state index in [-0.39, 0.29) is 11.3 Å². The maximum atomic E-state index is 13.6. The van der Waals surface area contributed by atoms with Gasteiger partial charge in [0.05, 0.1) is 11.2 Å². The van der Waals surface area contributed by atoms with E-state index in [0.29, 0.717) is 17.9 Å². The summed E-state index contributed by atoms with van der Waals surface area (Å²) in [6, 6.07) is 14.7. The first-order valence-corrected chi connectivity index (χ1v) is 8.78. The third-order valence-corrected chi connectivity index (χ3v) is 4.64. The van der Waals surface area contributed by atoms with E-state index >= 15 is 0 Å². The van der Waals surface area contributed by atoms with Gasteiger partial charge in [-0.1, -0.05) is 12.1 Å². The van der Waals surface area contributed by atoms with Gasteiger partial charge in [-0.25, -0.2) is 13.2 Å². The van der Waals surface area contributed by atoms with Gasteiger partial charge in [0.2, 0.25) is 0 Å². The standard InChI is InChI=1S/C21H12F3N5/c22-15-10-14(11-16(23)21(15)24)18-5-6-19-26-27-20(29(19)28-18)9-12-3-4-17-13(8-12)2-1-7-25-17/h1-8,10-11H,9H2. The Kier molecular flexibility index (Phi) is 3.97. The predicted octanol–water partition coefficient (Wildman–Crippen LogP) is 4.35. The van der Waals surface area contributed by atoms with Gasteiger partial charge in [0.15, 0.2) is 28.9 Å². The van der Waals surface area contributed by atoms with Crippen LogP contribution in [0.15, 0.2) is 60.8 Å². The third kappa shape index (κ3) is 3.08. The molecule has 0 amide bonds. The van der Waals surface area contributed by atoms with Crippen molar-refractivity contribution >= 4 is 16.6 Å². The summed E-state index contributed by atoms with van der Waals surface area (Å²) in [7, 11) is 0. The molecule has 5 aromatic rings. The van der Waals surface area contributed by atoms with Crippen LogP contribution in [0.2, 0.25) is 0 Å². The molecule has 3 heterocycles. The minimum atomic E-state index is -1.51. The zero-order chi connectivity index (χ0) is 20.0. The van der Waals surface area contributed by atoms with Gasteiger partial charge in [-0.3, -0.25) is 4.98 Å². The highest BCUT2D eigenvalue weighted by Crippen LogP contribution is 2.23. The van der Waals surface area contributed by atoms with Crippen molar-refractivity contribution in [2.45, 2.75) is 6.42 Å². The molecule has 0 saturated carbocycles. The Bertz CT molecular complexity index is 1360. The summed E-state index contributed by atoms with van der Waals surface area (Å²) in [5.74, 6) is -3.48. The van der Waals surface area contributed by atoms with Crippen molar-refractivity contribution in [3.05, 3.63) is 89.6 Å². The normalized spacial score (nSPS) is 11.4. The molecule has 0 aliphatic carbocycles. The Morgan fingerprint density at radius 1 is 0.862 bits per heavy atom. The van der Waals surface area contributed by atoms with E-state index < -0.39 is 17.5 Å². The minimum Gasteiger partial charge on any atom is -0.256 e. The summed E-state index contributed by atoms with van der Waals surface area (Å²) in [4.78, 5) is 4.30. The highest BCUT2D eigenvalue weighted by Gasteiger charge is 2.14. The Balaban J connectivity index is 1.55. The van der Waals surface area contributed by atoms with Gasteiger partial charge in [-0.15, -0.1) is 10.2 Å². The molecule has 0 spiro atoms. The van der Waals surface area contributed by atoms with Crippen molar-refractivity contribution in [3.8, 4) is 11.3 Å². The van der Waals surface area contributed by atoms with Crippen molar-refractivity contribution in [3.63, 3.8) is 0 Å². The van der Waals surface area contributed by atoms with Crippen LogP contribution in [0.5, 0.6) is 0 Å². The highest BCUT2D eigenvalue weighted by molar-refractivity contribution is 5.79. The molecule has 0 radical (unpaired) electrons. The maximum Gasteiger partial charge on any atom is 0.194 e. The largest absolute Gasteiger partial charge is 0.256 e. The second-order valence-electron chi connectivity index (χ2n) is 6.57. The van der Waals surface area contributed by atoms with Crippen LogP contribution in [-0.2, 0) is 6.42 Å². The second-order valence-corrected chi connectivity index (χ2v) is 6.57. The Morgan fingerprint density at radius 2 is 1.69 bits per heavy atom. The number of hydrogen-bond acceptors (Lipinski definition) is 4. The second kappa shape index (κ2) is 6.66. The predicted molar refractivity (Wildman–Crippen MR) is 101 cm³/mol. The summed E-state index contributed by atoms with van der Waals surface area (Å²) in [6.07, 6.45) is 2.19. The topological polar surface area (TPSA) is 56.0 Å². The summed E-state index contributed by atoms with van der Waals surface area (Å²) < 4.78 is 42.0. The molecule has 0 atom stereocenters. The molecule has 3 aromatic heterocycles. The lowest BCUT2D eigenvalue weighted by Gasteiger charge is -2.05. The number of pyridine rings is 1. The number of nitrogens with zero attached hydrogens (tertiary/aromatic N) is 5. The van der Waals surface area contributed by atoms with Crippen LogP contribution in [0.25, 0.3) is 27.8 Å². The first kappa shape index (κ1) is 17.3. The van der Waals surface area contributed by atoms with Crippen LogP contribution in [0.3, 0.4) is 0 Å². The van der Waals surface area contributed by atoms with E-state index in [1.807, 2.05) is 30.3 Å². The summed E-state index contributed by atoms with van der Waals surface area (Å²) in [5.41, 5.74) is 2.78. The number of aromatic nitrogens is 5. The molecule has 0 saturated heterocycles. The van der Waals surface area contributed by atoms with Crippen molar-refractivity contribution in [1.82, 2.24) is 24.8 Å². The molecule has 29 heavy (non-hydrogen) atoms. The van der Waals surface area contributed by atoms with Gasteiger partial charge < -0.3 is 0 Å². The van der Waals surface area contributed by atoms with Gasteiger partial charge in [-0.05, 0) is 48.0 Å². The minimum absolute atomic E-state index is 0.125. The highest BCUT2D eigenvalue weighted by atomic mass is 19.2. The van der Waals surface area contributed by atoms with E-state index in [9.17, 15) is 13.2 Å². The lowest BCUT2D eigenvalue weighted by molar-refractivity contribution is 0.447. The monoisotopic (exact) mass is 391 g/mol. The Labute approximate surface area is 162 Å². The van der Waals surface area contributed by atoms with Crippen LogP contribution in [0.4, 0.5) is 13.2 Å². The van der Waals surface area contributed by atoms with E-state index in [1.165, 1.54) is 4.52 Å². The number of hydrogen-bond donors (Lipinski definition) is 0.